The lowest BCUT2D eigenvalue weighted by molar-refractivity contribution is 0.312. The first-order valence-corrected chi connectivity index (χ1v) is 6.69. The predicted octanol–water partition coefficient (Wildman–Crippen LogP) is 2.66. The molecule has 5 heteroatoms. The van der Waals surface area contributed by atoms with Crippen molar-refractivity contribution in [3.63, 3.8) is 0 Å². The molecule has 2 heterocycles. The summed E-state index contributed by atoms with van der Waals surface area (Å²) in [5.41, 5.74) is 0.920. The van der Waals surface area contributed by atoms with Crippen LogP contribution in [0.2, 0.25) is 0 Å². The second-order valence-corrected chi connectivity index (χ2v) is 5.08. The van der Waals surface area contributed by atoms with Gasteiger partial charge >= 0.3 is 0 Å². The van der Waals surface area contributed by atoms with E-state index in [1.165, 1.54) is 0 Å². The van der Waals surface area contributed by atoms with Gasteiger partial charge in [-0.25, -0.2) is 4.68 Å². The predicted molar refractivity (Wildman–Crippen MR) is 74.1 cm³/mol. The van der Waals surface area contributed by atoms with Gasteiger partial charge in [-0.05, 0) is 36.6 Å². The summed E-state index contributed by atoms with van der Waals surface area (Å²) in [5.74, 6) is 2.35. The molecule has 0 fully saturated rings. The van der Waals surface area contributed by atoms with Crippen molar-refractivity contribution >= 4 is 5.95 Å². The van der Waals surface area contributed by atoms with Gasteiger partial charge in [-0.2, -0.15) is 4.98 Å². The molecule has 19 heavy (non-hydrogen) atoms. The fourth-order valence-electron chi connectivity index (χ4n) is 2.61. The van der Waals surface area contributed by atoms with Crippen LogP contribution in [0.4, 0.5) is 5.95 Å². The fourth-order valence-corrected chi connectivity index (χ4v) is 2.61. The Labute approximate surface area is 112 Å². The average Bonchev–Trinajstić information content (AvgIpc) is 2.83. The Hall–Kier alpha value is -2.04. The summed E-state index contributed by atoms with van der Waals surface area (Å²) >= 11 is 0. The number of aromatic nitrogens is 3. The van der Waals surface area contributed by atoms with E-state index >= 15 is 0 Å². The van der Waals surface area contributed by atoms with Gasteiger partial charge in [-0.3, -0.25) is 0 Å². The normalized spacial score (nSPS) is 21.8. The third kappa shape index (κ3) is 2.05. The number of hydrogen-bond acceptors (Lipinski definition) is 4. The van der Waals surface area contributed by atoms with Crippen molar-refractivity contribution in [3.8, 4) is 17.1 Å². The topological polar surface area (TPSA) is 63.0 Å². The Morgan fingerprint density at radius 2 is 2.11 bits per heavy atom. The van der Waals surface area contributed by atoms with E-state index < -0.39 is 0 Å². The van der Waals surface area contributed by atoms with Gasteiger partial charge in [-0.1, -0.05) is 13.8 Å². The first kappa shape index (κ1) is 12.0. The zero-order valence-electron chi connectivity index (χ0n) is 11.2. The summed E-state index contributed by atoms with van der Waals surface area (Å²) in [7, 11) is 0. The number of benzene rings is 1. The van der Waals surface area contributed by atoms with Gasteiger partial charge in [0.15, 0.2) is 5.82 Å². The molecule has 0 spiro atoms. The number of anilines is 1. The number of nitrogens with one attached hydrogen (secondary N) is 1. The lowest BCUT2D eigenvalue weighted by Gasteiger charge is -2.29. The van der Waals surface area contributed by atoms with Crippen LogP contribution < -0.4 is 5.32 Å². The van der Waals surface area contributed by atoms with Crippen LogP contribution >= 0.6 is 0 Å². The molecule has 0 saturated carbocycles. The van der Waals surface area contributed by atoms with Gasteiger partial charge in [0.25, 0.3) is 0 Å². The van der Waals surface area contributed by atoms with Gasteiger partial charge in [0.05, 0.1) is 6.04 Å². The fraction of sp³-hybridized carbons (Fsp3) is 0.429. The van der Waals surface area contributed by atoms with E-state index in [2.05, 4.69) is 29.2 Å². The summed E-state index contributed by atoms with van der Waals surface area (Å²) in [6.07, 6.45) is 1.05. The Morgan fingerprint density at radius 3 is 2.79 bits per heavy atom. The smallest absolute Gasteiger partial charge is 0.221 e. The zero-order chi connectivity index (χ0) is 13.4. The van der Waals surface area contributed by atoms with Crippen molar-refractivity contribution < 1.29 is 5.11 Å². The van der Waals surface area contributed by atoms with Gasteiger partial charge in [0.1, 0.15) is 5.75 Å². The van der Waals surface area contributed by atoms with E-state index in [1.54, 1.807) is 12.1 Å². The van der Waals surface area contributed by atoms with Crippen LogP contribution in [-0.2, 0) is 0 Å². The number of phenolic OH excluding ortho intramolecular Hbond substituents is 1. The van der Waals surface area contributed by atoms with Gasteiger partial charge < -0.3 is 10.4 Å². The van der Waals surface area contributed by atoms with Gasteiger partial charge in [0, 0.05) is 12.1 Å². The van der Waals surface area contributed by atoms with Gasteiger partial charge in [0.2, 0.25) is 5.95 Å². The highest BCUT2D eigenvalue weighted by atomic mass is 16.3. The maximum atomic E-state index is 9.32. The monoisotopic (exact) mass is 258 g/mol. The minimum atomic E-state index is 0.255. The third-order valence-electron chi connectivity index (χ3n) is 3.73. The van der Waals surface area contributed by atoms with E-state index in [0.717, 1.165) is 24.5 Å². The second-order valence-electron chi connectivity index (χ2n) is 5.08. The molecular formula is C14H18N4O. The van der Waals surface area contributed by atoms with Crippen LogP contribution in [0.15, 0.2) is 24.3 Å². The number of aromatic hydroxyl groups is 1. The molecule has 2 unspecified atom stereocenters. The van der Waals surface area contributed by atoms with Crippen LogP contribution in [0.25, 0.3) is 11.4 Å². The summed E-state index contributed by atoms with van der Waals surface area (Å²) in [6, 6.07) is 7.38. The van der Waals surface area contributed by atoms with E-state index in [9.17, 15) is 5.11 Å². The van der Waals surface area contributed by atoms with Crippen molar-refractivity contribution in [2.75, 3.05) is 11.9 Å². The van der Waals surface area contributed by atoms with E-state index in [0.29, 0.717) is 17.8 Å². The Morgan fingerprint density at radius 1 is 1.37 bits per heavy atom. The quantitative estimate of drug-likeness (QED) is 0.869. The molecule has 2 atom stereocenters. The van der Waals surface area contributed by atoms with Crippen LogP contribution in [0.3, 0.4) is 0 Å². The Balaban J connectivity index is 2.00. The SMILES string of the molecule is CCC1C(C)CNc2nc(-c3ccc(O)cc3)nn21. The third-order valence-corrected chi connectivity index (χ3v) is 3.73. The standard InChI is InChI=1S/C14H18N4O/c1-3-12-9(2)8-15-14-16-13(17-18(12)14)10-4-6-11(19)7-5-10/h4-7,9,12,19H,3,8H2,1-2H3,(H,15,16,17). The number of rotatable bonds is 2. The number of fused-ring (bicyclic) bond motifs is 1. The molecule has 0 saturated heterocycles. The summed E-state index contributed by atoms with van der Waals surface area (Å²) < 4.78 is 2.00. The number of hydrogen-bond donors (Lipinski definition) is 2. The highest BCUT2D eigenvalue weighted by Gasteiger charge is 2.27. The summed E-state index contributed by atoms with van der Waals surface area (Å²) in [5, 5.41) is 17.3. The maximum absolute atomic E-state index is 9.32. The van der Waals surface area contributed by atoms with Crippen molar-refractivity contribution in [1.82, 2.24) is 14.8 Å². The van der Waals surface area contributed by atoms with Crippen LogP contribution in [0.5, 0.6) is 5.75 Å². The molecular weight excluding hydrogens is 240 g/mol. The lowest BCUT2D eigenvalue weighted by Crippen LogP contribution is -2.31. The minimum Gasteiger partial charge on any atom is -0.508 e. The highest BCUT2D eigenvalue weighted by Crippen LogP contribution is 2.31. The average molecular weight is 258 g/mol. The number of phenols is 1. The molecule has 0 amide bonds. The molecule has 5 nitrogen and oxygen atoms in total. The first-order chi connectivity index (χ1) is 9.19. The second kappa shape index (κ2) is 4.57. The van der Waals surface area contributed by atoms with E-state index in [1.807, 2.05) is 16.8 Å². The van der Waals surface area contributed by atoms with Crippen LogP contribution in [0, 0.1) is 5.92 Å². The van der Waals surface area contributed by atoms with Crippen molar-refractivity contribution in [3.05, 3.63) is 24.3 Å². The van der Waals surface area contributed by atoms with Crippen molar-refractivity contribution in [1.29, 1.82) is 0 Å². The number of nitrogens with zero attached hydrogens (tertiary/aromatic N) is 3. The molecule has 0 aliphatic carbocycles. The molecule has 1 aliphatic heterocycles. The summed E-state index contributed by atoms with van der Waals surface area (Å²) in [4.78, 5) is 4.54. The molecule has 1 aromatic heterocycles. The van der Waals surface area contributed by atoms with Crippen LogP contribution in [-0.4, -0.2) is 26.4 Å². The highest BCUT2D eigenvalue weighted by molar-refractivity contribution is 5.57. The van der Waals surface area contributed by atoms with Crippen LogP contribution in [0.1, 0.15) is 26.3 Å². The summed E-state index contributed by atoms with van der Waals surface area (Å²) in [6.45, 7) is 5.34. The molecule has 1 aromatic carbocycles. The Kier molecular flexibility index (Phi) is 2.89. The van der Waals surface area contributed by atoms with E-state index in [-0.39, 0.29) is 5.75 Å². The van der Waals surface area contributed by atoms with Crippen molar-refractivity contribution in [2.24, 2.45) is 5.92 Å². The first-order valence-electron chi connectivity index (χ1n) is 6.69. The maximum Gasteiger partial charge on any atom is 0.221 e. The molecule has 0 radical (unpaired) electrons. The molecule has 3 rings (SSSR count). The Bertz CT molecular complexity index is 576. The molecule has 0 bridgehead atoms. The molecule has 100 valence electrons. The largest absolute Gasteiger partial charge is 0.508 e. The van der Waals surface area contributed by atoms with E-state index in [4.69, 9.17) is 0 Å². The van der Waals surface area contributed by atoms with Gasteiger partial charge in [-0.15, -0.1) is 5.10 Å². The zero-order valence-corrected chi connectivity index (χ0v) is 11.2. The minimum absolute atomic E-state index is 0.255. The van der Waals surface area contributed by atoms with Crippen molar-refractivity contribution in [2.45, 2.75) is 26.3 Å². The lowest BCUT2D eigenvalue weighted by atomic mass is 9.98. The molecule has 2 aromatic rings. The molecule has 1 aliphatic rings. The molecule has 2 N–H and O–H groups in total.